The molecule has 47 heavy (non-hydrogen) atoms. The number of halogens is 1. The molecule has 1 saturated heterocycles. The number of hydrogen-bond acceptors (Lipinski definition) is 9. The summed E-state index contributed by atoms with van der Waals surface area (Å²) in [5.74, 6) is -0.178. The number of fused-ring (bicyclic) bond motifs is 2. The van der Waals surface area contributed by atoms with E-state index in [0.717, 1.165) is 61.4 Å². The van der Waals surface area contributed by atoms with Gasteiger partial charge in [0, 0.05) is 48.8 Å². The predicted octanol–water partition coefficient (Wildman–Crippen LogP) is 6.75. The zero-order valence-electron chi connectivity index (χ0n) is 27.4. The average molecular weight is 750 g/mol. The number of nitrogens with one attached hydrogen (secondary N) is 1. The summed E-state index contributed by atoms with van der Waals surface area (Å²) in [4.78, 5) is 2.47. The van der Waals surface area contributed by atoms with Crippen LogP contribution in [-0.4, -0.2) is 90.1 Å². The first-order chi connectivity index (χ1) is 22.5. The number of nitrogens with zero attached hydrogens (tertiary/aromatic N) is 2. The minimum atomic E-state index is -3.93. The van der Waals surface area contributed by atoms with E-state index in [4.69, 9.17) is 16.2 Å². The summed E-state index contributed by atoms with van der Waals surface area (Å²) in [7, 11) is -6.02. The third-order valence-electron chi connectivity index (χ3n) is 9.86. The SMILES string of the molecule is CNOS(=O)(=O)CCCC[N+]1=C(/C=C/C2=C(Cl)C(=C/C=C3\SC4CCCCC4N3CCCCS(=O)(=O)O)/CCC2)SC2CCCCC21. The third kappa shape index (κ3) is 10.6. The van der Waals surface area contributed by atoms with Crippen molar-refractivity contribution in [3.05, 3.63) is 45.5 Å². The first kappa shape index (κ1) is 37.5. The van der Waals surface area contributed by atoms with Crippen molar-refractivity contribution in [2.75, 3.05) is 31.6 Å². The van der Waals surface area contributed by atoms with Gasteiger partial charge in [0.1, 0.15) is 6.54 Å². The Labute approximate surface area is 295 Å². The normalized spacial score (nSPS) is 29.0. The second kappa shape index (κ2) is 17.4. The van der Waals surface area contributed by atoms with E-state index in [1.54, 1.807) is 0 Å². The van der Waals surface area contributed by atoms with Gasteiger partial charge in [0.2, 0.25) is 5.04 Å². The van der Waals surface area contributed by atoms with Gasteiger partial charge < -0.3 is 4.90 Å². The first-order valence-electron chi connectivity index (χ1n) is 17.3. The fourth-order valence-corrected chi connectivity index (χ4v) is 12.5. The second-order valence-corrected chi connectivity index (χ2v) is 19.4. The van der Waals surface area contributed by atoms with Crippen molar-refractivity contribution in [1.82, 2.24) is 10.4 Å². The molecule has 3 aliphatic carbocycles. The summed E-state index contributed by atoms with van der Waals surface area (Å²) in [5.41, 5.74) is 4.59. The zero-order chi connectivity index (χ0) is 33.4. The van der Waals surface area contributed by atoms with Crippen molar-refractivity contribution >= 4 is 60.4 Å². The molecule has 0 spiro atoms. The Balaban J connectivity index is 1.29. The number of unbranched alkanes of at least 4 members (excludes halogenated alkanes) is 2. The van der Waals surface area contributed by atoms with Gasteiger partial charge >= 0.3 is 0 Å². The highest BCUT2D eigenvalue weighted by atomic mass is 35.5. The molecule has 5 aliphatic rings. The molecular weight excluding hydrogens is 698 g/mol. The number of hydrogen-bond donors (Lipinski definition) is 2. The van der Waals surface area contributed by atoms with Crippen LogP contribution in [0.5, 0.6) is 0 Å². The Morgan fingerprint density at radius 1 is 0.915 bits per heavy atom. The van der Waals surface area contributed by atoms with E-state index < -0.39 is 20.2 Å². The van der Waals surface area contributed by atoms with E-state index >= 15 is 0 Å². The van der Waals surface area contributed by atoms with Gasteiger partial charge in [0.05, 0.1) is 21.8 Å². The smallest absolute Gasteiger partial charge is 0.283 e. The molecule has 0 aromatic carbocycles. The third-order valence-corrected chi connectivity index (χ3v) is 15.3. The molecule has 0 aromatic heterocycles. The number of allylic oxidation sites excluding steroid dienone is 6. The zero-order valence-corrected chi connectivity index (χ0v) is 31.5. The lowest BCUT2D eigenvalue weighted by molar-refractivity contribution is -0.562. The topological polar surface area (TPSA) is 116 Å². The predicted molar refractivity (Wildman–Crippen MR) is 195 cm³/mol. The van der Waals surface area contributed by atoms with Crippen LogP contribution in [0, 0.1) is 0 Å². The van der Waals surface area contributed by atoms with Crippen molar-refractivity contribution in [2.24, 2.45) is 0 Å². The van der Waals surface area contributed by atoms with Gasteiger partial charge in [0.15, 0.2) is 6.04 Å². The molecule has 0 radical (unpaired) electrons. The Morgan fingerprint density at radius 3 is 2.45 bits per heavy atom. The molecular formula is C33H51ClN3O6S4+. The van der Waals surface area contributed by atoms with Crippen LogP contribution in [0.25, 0.3) is 0 Å². The first-order valence-corrected chi connectivity index (χ1v) is 22.6. The van der Waals surface area contributed by atoms with Gasteiger partial charge in [-0.15, -0.1) is 11.8 Å². The van der Waals surface area contributed by atoms with Gasteiger partial charge in [-0.25, -0.2) is 4.58 Å². The molecule has 4 unspecified atom stereocenters. The highest BCUT2D eigenvalue weighted by Gasteiger charge is 2.43. The van der Waals surface area contributed by atoms with Crippen LogP contribution in [0.1, 0.15) is 96.3 Å². The monoisotopic (exact) mass is 748 g/mol. The van der Waals surface area contributed by atoms with Crippen LogP contribution in [0.4, 0.5) is 0 Å². The van der Waals surface area contributed by atoms with Gasteiger partial charge in [-0.05, 0) is 93.2 Å². The standard InChI is InChI=1S/C33H50ClN3O6S4/c1-35-43-47(41,42)24-9-7-22-37-28-14-3-5-16-30(28)45-32(37)20-18-26-12-10-11-25(33(26)34)17-19-31-36(21-6-8-23-46(38,39)40)27-13-2-4-15-29(27)44-31/h17-20,27-30,35H,2-16,21-24H2,1H3/p+1. The maximum Gasteiger partial charge on any atom is 0.283 e. The summed E-state index contributed by atoms with van der Waals surface area (Å²) in [6, 6.07) is 0.985. The average Bonchev–Trinajstić information content (AvgIpc) is 3.57. The van der Waals surface area contributed by atoms with E-state index in [0.29, 0.717) is 35.4 Å². The maximum atomic E-state index is 12.0. The minimum Gasteiger partial charge on any atom is -0.362 e. The van der Waals surface area contributed by atoms with Gasteiger partial charge in [-0.2, -0.15) is 26.6 Å². The highest BCUT2D eigenvalue weighted by molar-refractivity contribution is 8.14. The fourth-order valence-electron chi connectivity index (χ4n) is 7.59. The quantitative estimate of drug-likeness (QED) is 0.0807. The van der Waals surface area contributed by atoms with E-state index in [1.807, 2.05) is 23.5 Å². The minimum absolute atomic E-state index is 0.00742. The van der Waals surface area contributed by atoms with Crippen molar-refractivity contribution in [2.45, 2.75) is 119 Å². The second-order valence-electron chi connectivity index (χ2n) is 13.2. The fraction of sp³-hybridized carbons (Fsp3) is 0.727. The van der Waals surface area contributed by atoms with Crippen molar-refractivity contribution < 1.29 is 30.2 Å². The molecule has 0 bridgehead atoms. The molecule has 9 nitrogen and oxygen atoms in total. The Kier molecular flexibility index (Phi) is 13.9. The van der Waals surface area contributed by atoms with E-state index in [1.165, 1.54) is 68.5 Å². The van der Waals surface area contributed by atoms with Crippen molar-refractivity contribution in [1.29, 1.82) is 0 Å². The molecule has 2 N–H and O–H groups in total. The summed E-state index contributed by atoms with van der Waals surface area (Å²) in [5, 5.41) is 4.51. The Morgan fingerprint density at radius 2 is 1.66 bits per heavy atom. The lowest BCUT2D eigenvalue weighted by atomic mass is 9.93. The lowest BCUT2D eigenvalue weighted by Gasteiger charge is -2.32. The molecule has 2 saturated carbocycles. The van der Waals surface area contributed by atoms with Crippen LogP contribution in [-0.2, 0) is 24.5 Å². The molecule has 14 heteroatoms. The molecule has 0 aromatic rings. The van der Waals surface area contributed by atoms with Crippen LogP contribution < -0.4 is 5.48 Å². The summed E-state index contributed by atoms with van der Waals surface area (Å²) >= 11 is 11.0. The Bertz CT molecular complexity index is 1490. The molecule has 264 valence electrons. The molecule has 2 heterocycles. The molecule has 0 amide bonds. The number of hydroxylamine groups is 1. The molecule has 3 fully saturated rings. The van der Waals surface area contributed by atoms with Crippen LogP contribution in [0.3, 0.4) is 0 Å². The highest BCUT2D eigenvalue weighted by Crippen LogP contribution is 2.46. The van der Waals surface area contributed by atoms with E-state index in [9.17, 15) is 16.8 Å². The van der Waals surface area contributed by atoms with Crippen molar-refractivity contribution in [3.8, 4) is 0 Å². The number of rotatable bonds is 15. The summed E-state index contributed by atoms with van der Waals surface area (Å²) in [6.07, 6.45) is 24.1. The number of thioether (sulfide) groups is 2. The van der Waals surface area contributed by atoms with Gasteiger partial charge in [-0.1, -0.05) is 43.0 Å². The van der Waals surface area contributed by atoms with Crippen molar-refractivity contribution in [3.63, 3.8) is 0 Å². The molecule has 5 rings (SSSR count). The molecule has 4 atom stereocenters. The van der Waals surface area contributed by atoms with Crippen LogP contribution >= 0.6 is 35.1 Å². The van der Waals surface area contributed by atoms with Gasteiger partial charge in [-0.3, -0.25) is 4.55 Å². The van der Waals surface area contributed by atoms with Crippen LogP contribution in [0.15, 0.2) is 45.5 Å². The van der Waals surface area contributed by atoms with Gasteiger partial charge in [0.25, 0.3) is 20.2 Å². The largest absolute Gasteiger partial charge is 0.362 e. The summed E-state index contributed by atoms with van der Waals surface area (Å²) < 4.78 is 62.7. The van der Waals surface area contributed by atoms with E-state index in [-0.39, 0.29) is 11.5 Å². The lowest BCUT2D eigenvalue weighted by Crippen LogP contribution is -2.37. The Hall–Kier alpha value is -0.800. The van der Waals surface area contributed by atoms with Crippen LogP contribution in [0.2, 0.25) is 0 Å². The van der Waals surface area contributed by atoms with E-state index in [2.05, 4.69) is 43.5 Å². The summed E-state index contributed by atoms with van der Waals surface area (Å²) in [6.45, 7) is 1.63. The molecule has 2 aliphatic heterocycles. The maximum absolute atomic E-state index is 12.0.